The van der Waals surface area contributed by atoms with Gasteiger partial charge in [0, 0.05) is 29.3 Å². The molecule has 0 aliphatic carbocycles. The van der Waals surface area contributed by atoms with Crippen LogP contribution in [0.4, 0.5) is 11.4 Å². The fourth-order valence-corrected chi connectivity index (χ4v) is 2.70. The molecule has 96 valence electrons. The van der Waals surface area contributed by atoms with Gasteiger partial charge in [0.1, 0.15) is 0 Å². The number of carbonyl (C=O) groups excluding carboxylic acids is 1. The maximum Gasteiger partial charge on any atom is 0.257 e. The molecule has 0 aromatic heterocycles. The molecule has 1 aromatic rings. The number of hydrogen-bond acceptors (Lipinski definition) is 3. The van der Waals surface area contributed by atoms with E-state index in [0.717, 1.165) is 22.3 Å². The summed E-state index contributed by atoms with van der Waals surface area (Å²) in [7, 11) is 1.95. The van der Waals surface area contributed by atoms with Crippen molar-refractivity contribution in [3.05, 3.63) is 34.3 Å². The third kappa shape index (κ3) is 2.28. The van der Waals surface area contributed by atoms with Crippen molar-refractivity contribution in [3.8, 4) is 0 Å². The number of hydrogen-bond donors (Lipinski definition) is 2. The number of anilines is 2. The van der Waals surface area contributed by atoms with Gasteiger partial charge in [0.25, 0.3) is 5.91 Å². The van der Waals surface area contributed by atoms with E-state index in [1.54, 1.807) is 6.07 Å². The standard InChI is InChI=1S/C13H15BrN2O2/c1-7(2)6-16(3)11-5-10-8(4-9(11)14)12(17)13(18)15-10/h4-5,12,17H,1,6H2,2-3H3,(H,15,18). The normalized spacial score (nSPS) is 17.3. The first-order valence-corrected chi connectivity index (χ1v) is 6.37. The van der Waals surface area contributed by atoms with E-state index in [1.807, 2.05) is 24.9 Å². The van der Waals surface area contributed by atoms with E-state index in [0.29, 0.717) is 11.3 Å². The summed E-state index contributed by atoms with van der Waals surface area (Å²) in [6.45, 7) is 6.57. The number of nitrogens with zero attached hydrogens (tertiary/aromatic N) is 1. The summed E-state index contributed by atoms with van der Waals surface area (Å²) in [4.78, 5) is 13.4. The van der Waals surface area contributed by atoms with Crippen LogP contribution in [0, 0.1) is 0 Å². The van der Waals surface area contributed by atoms with Gasteiger partial charge in [-0.25, -0.2) is 0 Å². The topological polar surface area (TPSA) is 52.6 Å². The van der Waals surface area contributed by atoms with Gasteiger partial charge in [-0.3, -0.25) is 4.79 Å². The van der Waals surface area contributed by atoms with E-state index in [2.05, 4.69) is 27.8 Å². The molecular formula is C13H15BrN2O2. The van der Waals surface area contributed by atoms with Gasteiger partial charge >= 0.3 is 0 Å². The molecule has 0 fully saturated rings. The van der Waals surface area contributed by atoms with Crippen LogP contribution in [0.25, 0.3) is 0 Å². The average Bonchev–Trinajstić information content (AvgIpc) is 2.53. The largest absolute Gasteiger partial charge is 0.378 e. The number of aliphatic hydroxyl groups is 1. The first-order chi connectivity index (χ1) is 8.40. The van der Waals surface area contributed by atoms with Crippen LogP contribution in [0.3, 0.4) is 0 Å². The number of amides is 1. The Hall–Kier alpha value is -1.33. The lowest BCUT2D eigenvalue weighted by molar-refractivity contribution is -0.123. The van der Waals surface area contributed by atoms with Crippen molar-refractivity contribution in [2.75, 3.05) is 23.8 Å². The van der Waals surface area contributed by atoms with Crippen LogP contribution in [-0.2, 0) is 4.79 Å². The molecular weight excluding hydrogens is 296 g/mol. The number of fused-ring (bicyclic) bond motifs is 1. The second-order valence-electron chi connectivity index (χ2n) is 4.60. The Morgan fingerprint density at radius 3 is 2.89 bits per heavy atom. The monoisotopic (exact) mass is 310 g/mol. The Morgan fingerprint density at radius 1 is 1.61 bits per heavy atom. The van der Waals surface area contributed by atoms with E-state index < -0.39 is 6.10 Å². The minimum atomic E-state index is -1.07. The molecule has 5 heteroatoms. The van der Waals surface area contributed by atoms with Gasteiger partial charge < -0.3 is 15.3 Å². The van der Waals surface area contributed by atoms with Crippen molar-refractivity contribution < 1.29 is 9.90 Å². The molecule has 1 aliphatic heterocycles. The van der Waals surface area contributed by atoms with Crippen LogP contribution in [-0.4, -0.2) is 24.6 Å². The lowest BCUT2D eigenvalue weighted by Crippen LogP contribution is -2.19. The number of nitrogens with one attached hydrogen (secondary N) is 1. The van der Waals surface area contributed by atoms with Crippen molar-refractivity contribution in [2.24, 2.45) is 0 Å². The highest BCUT2D eigenvalue weighted by molar-refractivity contribution is 9.10. The second-order valence-corrected chi connectivity index (χ2v) is 5.45. The van der Waals surface area contributed by atoms with Crippen molar-refractivity contribution in [2.45, 2.75) is 13.0 Å². The Morgan fingerprint density at radius 2 is 2.28 bits per heavy atom. The summed E-state index contributed by atoms with van der Waals surface area (Å²) in [6.07, 6.45) is -1.07. The van der Waals surface area contributed by atoms with Crippen molar-refractivity contribution in [3.63, 3.8) is 0 Å². The molecule has 1 atom stereocenters. The highest BCUT2D eigenvalue weighted by Crippen LogP contribution is 2.38. The lowest BCUT2D eigenvalue weighted by atomic mass is 10.1. The third-order valence-electron chi connectivity index (χ3n) is 2.84. The van der Waals surface area contributed by atoms with Crippen molar-refractivity contribution in [1.29, 1.82) is 0 Å². The van der Waals surface area contributed by atoms with E-state index >= 15 is 0 Å². The number of carbonyl (C=O) groups is 1. The first kappa shape index (κ1) is 13.1. The predicted molar refractivity (Wildman–Crippen MR) is 75.8 cm³/mol. The van der Waals surface area contributed by atoms with Crippen LogP contribution in [0.1, 0.15) is 18.6 Å². The maximum absolute atomic E-state index is 11.4. The first-order valence-electron chi connectivity index (χ1n) is 5.58. The third-order valence-corrected chi connectivity index (χ3v) is 3.47. The summed E-state index contributed by atoms with van der Waals surface area (Å²) in [6, 6.07) is 3.64. The van der Waals surface area contributed by atoms with Crippen molar-refractivity contribution >= 4 is 33.2 Å². The molecule has 1 unspecified atom stereocenters. The van der Waals surface area contributed by atoms with Crippen LogP contribution in [0.15, 0.2) is 28.8 Å². The summed E-state index contributed by atoms with van der Waals surface area (Å²) >= 11 is 3.47. The molecule has 18 heavy (non-hydrogen) atoms. The fraction of sp³-hybridized carbons (Fsp3) is 0.308. The van der Waals surface area contributed by atoms with Crippen LogP contribution < -0.4 is 10.2 Å². The van der Waals surface area contributed by atoms with Gasteiger partial charge in [-0.1, -0.05) is 12.2 Å². The quantitative estimate of drug-likeness (QED) is 0.843. The van der Waals surface area contributed by atoms with Crippen LogP contribution >= 0.6 is 15.9 Å². The minimum absolute atomic E-state index is 0.378. The maximum atomic E-state index is 11.4. The molecule has 0 saturated heterocycles. The van der Waals surface area contributed by atoms with E-state index in [-0.39, 0.29) is 5.91 Å². The zero-order valence-corrected chi connectivity index (χ0v) is 11.9. The summed E-state index contributed by atoms with van der Waals surface area (Å²) in [5.41, 5.74) is 3.28. The van der Waals surface area contributed by atoms with E-state index in [1.165, 1.54) is 0 Å². The second kappa shape index (κ2) is 4.74. The highest BCUT2D eigenvalue weighted by atomic mass is 79.9. The number of benzene rings is 1. The van der Waals surface area contributed by atoms with Gasteiger partial charge in [-0.05, 0) is 35.0 Å². The van der Waals surface area contributed by atoms with Crippen molar-refractivity contribution in [1.82, 2.24) is 0 Å². The Balaban J connectivity index is 2.38. The van der Waals surface area contributed by atoms with E-state index in [4.69, 9.17) is 0 Å². The lowest BCUT2D eigenvalue weighted by Gasteiger charge is -2.21. The number of likely N-dealkylation sites (N-methyl/N-ethyl adjacent to an activating group) is 1. The molecule has 2 N–H and O–H groups in total. The Kier molecular flexibility index (Phi) is 3.45. The molecule has 0 saturated carbocycles. The van der Waals surface area contributed by atoms with Gasteiger partial charge in [0.05, 0.1) is 5.69 Å². The SMILES string of the molecule is C=C(C)CN(C)c1cc2c(cc1Br)C(O)C(=O)N2. The average molecular weight is 311 g/mol. The molecule has 0 bridgehead atoms. The molecule has 0 spiro atoms. The van der Waals surface area contributed by atoms with Gasteiger partial charge in [0.2, 0.25) is 0 Å². The number of aliphatic hydroxyl groups excluding tert-OH is 1. The summed E-state index contributed by atoms with van der Waals surface area (Å²) < 4.78 is 0.848. The summed E-state index contributed by atoms with van der Waals surface area (Å²) in [5, 5.41) is 12.4. The molecule has 1 heterocycles. The Labute approximate surface area is 114 Å². The number of halogens is 1. The van der Waals surface area contributed by atoms with Crippen LogP contribution in [0.5, 0.6) is 0 Å². The molecule has 1 aliphatic rings. The van der Waals surface area contributed by atoms with E-state index in [9.17, 15) is 9.90 Å². The zero-order valence-electron chi connectivity index (χ0n) is 10.3. The van der Waals surface area contributed by atoms with Gasteiger partial charge in [-0.2, -0.15) is 0 Å². The van der Waals surface area contributed by atoms with Crippen LogP contribution in [0.2, 0.25) is 0 Å². The molecule has 2 rings (SSSR count). The Bertz CT molecular complexity index is 528. The molecule has 1 aromatic carbocycles. The molecule has 0 radical (unpaired) electrons. The highest BCUT2D eigenvalue weighted by Gasteiger charge is 2.29. The predicted octanol–water partition coefficient (Wildman–Crippen LogP) is 2.45. The van der Waals surface area contributed by atoms with Gasteiger partial charge in [-0.15, -0.1) is 0 Å². The minimum Gasteiger partial charge on any atom is -0.378 e. The zero-order chi connectivity index (χ0) is 13.4. The number of rotatable bonds is 3. The van der Waals surface area contributed by atoms with Gasteiger partial charge in [0.15, 0.2) is 6.10 Å². The fourth-order valence-electron chi connectivity index (χ4n) is 2.04. The molecule has 1 amide bonds. The summed E-state index contributed by atoms with van der Waals surface area (Å²) in [5.74, 6) is -0.378. The molecule has 4 nitrogen and oxygen atoms in total. The smallest absolute Gasteiger partial charge is 0.257 e.